The maximum absolute atomic E-state index is 12.2. The number of rotatable bonds is 6. The molecule has 1 aromatic rings. The monoisotopic (exact) mass is 352 g/mol. The van der Waals surface area contributed by atoms with E-state index in [0.717, 1.165) is 11.9 Å². The summed E-state index contributed by atoms with van der Waals surface area (Å²) in [5.41, 5.74) is 1.98. The van der Waals surface area contributed by atoms with E-state index in [-0.39, 0.29) is 30.5 Å². The number of sulfone groups is 1. The number of carbonyl (C=O) groups is 2. The van der Waals surface area contributed by atoms with E-state index in [0.29, 0.717) is 12.5 Å². The standard InChI is InChI=1S/C17H24N2O4S/c1-12(2)13-4-6-15(7-5-13)19-11-14(10-16(19)20)17(21)18-8-9-24(3,22)23/h4-7,12,14H,8-11H2,1-3H3,(H,18,21)/t14-/m0/s1. The van der Waals surface area contributed by atoms with Crippen molar-refractivity contribution in [3.8, 4) is 0 Å². The smallest absolute Gasteiger partial charge is 0.227 e. The average Bonchev–Trinajstić information content (AvgIpc) is 2.88. The molecule has 0 aromatic heterocycles. The number of benzene rings is 1. The lowest BCUT2D eigenvalue weighted by Gasteiger charge is -2.17. The number of nitrogens with one attached hydrogen (secondary N) is 1. The topological polar surface area (TPSA) is 83.6 Å². The predicted octanol–water partition coefficient (Wildman–Crippen LogP) is 1.32. The zero-order valence-corrected chi connectivity index (χ0v) is 15.1. The van der Waals surface area contributed by atoms with Gasteiger partial charge < -0.3 is 10.2 Å². The van der Waals surface area contributed by atoms with Gasteiger partial charge in [-0.2, -0.15) is 0 Å². The van der Waals surface area contributed by atoms with Crippen LogP contribution in [0.1, 0.15) is 31.7 Å². The normalized spacial score (nSPS) is 18.2. The molecule has 132 valence electrons. The second-order valence-corrected chi connectivity index (χ2v) is 8.83. The van der Waals surface area contributed by atoms with E-state index >= 15 is 0 Å². The van der Waals surface area contributed by atoms with Crippen LogP contribution in [0, 0.1) is 5.92 Å². The molecule has 1 aromatic carbocycles. The highest BCUT2D eigenvalue weighted by Crippen LogP contribution is 2.26. The van der Waals surface area contributed by atoms with E-state index in [1.54, 1.807) is 4.90 Å². The molecule has 1 saturated heterocycles. The Balaban J connectivity index is 1.96. The Morgan fingerprint density at radius 2 is 1.92 bits per heavy atom. The second kappa shape index (κ2) is 7.34. The van der Waals surface area contributed by atoms with Crippen molar-refractivity contribution in [1.82, 2.24) is 5.32 Å². The Labute approximate surface area is 143 Å². The maximum Gasteiger partial charge on any atom is 0.227 e. The molecule has 0 saturated carbocycles. The van der Waals surface area contributed by atoms with Gasteiger partial charge in [0.05, 0.1) is 11.7 Å². The quantitative estimate of drug-likeness (QED) is 0.837. The van der Waals surface area contributed by atoms with Crippen molar-refractivity contribution in [3.05, 3.63) is 29.8 Å². The van der Waals surface area contributed by atoms with Crippen LogP contribution in [0.5, 0.6) is 0 Å². The average molecular weight is 352 g/mol. The van der Waals surface area contributed by atoms with Crippen LogP contribution in [0.25, 0.3) is 0 Å². The number of nitrogens with zero attached hydrogens (tertiary/aromatic N) is 1. The third-order valence-corrected chi connectivity index (χ3v) is 5.09. The van der Waals surface area contributed by atoms with Crippen LogP contribution in [0.15, 0.2) is 24.3 Å². The van der Waals surface area contributed by atoms with E-state index in [1.807, 2.05) is 24.3 Å². The SMILES string of the molecule is CC(C)c1ccc(N2C[C@@H](C(=O)NCCS(C)(=O)=O)CC2=O)cc1. The molecule has 0 unspecified atom stereocenters. The van der Waals surface area contributed by atoms with Gasteiger partial charge in [-0.1, -0.05) is 26.0 Å². The van der Waals surface area contributed by atoms with E-state index < -0.39 is 15.8 Å². The molecule has 2 rings (SSSR count). The molecule has 1 aliphatic rings. The number of hydrogen-bond donors (Lipinski definition) is 1. The van der Waals surface area contributed by atoms with Gasteiger partial charge in [0.15, 0.2) is 0 Å². The summed E-state index contributed by atoms with van der Waals surface area (Å²) in [4.78, 5) is 25.9. The Morgan fingerprint density at radius 1 is 1.29 bits per heavy atom. The molecule has 0 radical (unpaired) electrons. The first-order valence-electron chi connectivity index (χ1n) is 8.03. The zero-order chi connectivity index (χ0) is 17.9. The van der Waals surface area contributed by atoms with E-state index in [4.69, 9.17) is 0 Å². The third kappa shape index (κ3) is 4.80. The summed E-state index contributed by atoms with van der Waals surface area (Å²) in [7, 11) is -3.11. The van der Waals surface area contributed by atoms with Gasteiger partial charge in [0.25, 0.3) is 0 Å². The first-order chi connectivity index (χ1) is 11.2. The third-order valence-electron chi connectivity index (χ3n) is 4.14. The number of carbonyl (C=O) groups excluding carboxylic acids is 2. The molecule has 6 nitrogen and oxygen atoms in total. The van der Waals surface area contributed by atoms with Crippen molar-refractivity contribution < 1.29 is 18.0 Å². The maximum atomic E-state index is 12.2. The molecular formula is C17H24N2O4S. The fraction of sp³-hybridized carbons (Fsp3) is 0.529. The molecule has 1 aliphatic heterocycles. The Morgan fingerprint density at radius 3 is 2.46 bits per heavy atom. The van der Waals surface area contributed by atoms with Crippen LogP contribution in [0.4, 0.5) is 5.69 Å². The molecule has 1 heterocycles. The Hall–Kier alpha value is -1.89. The van der Waals surface area contributed by atoms with E-state index in [1.165, 1.54) is 5.56 Å². The summed E-state index contributed by atoms with van der Waals surface area (Å²) >= 11 is 0. The zero-order valence-electron chi connectivity index (χ0n) is 14.3. The Bertz CT molecular complexity index is 711. The minimum absolute atomic E-state index is 0.0748. The lowest BCUT2D eigenvalue weighted by atomic mass is 10.0. The highest BCUT2D eigenvalue weighted by atomic mass is 32.2. The van der Waals surface area contributed by atoms with Crippen LogP contribution >= 0.6 is 0 Å². The lowest BCUT2D eigenvalue weighted by molar-refractivity contribution is -0.126. The molecule has 0 aliphatic carbocycles. The van der Waals surface area contributed by atoms with Crippen molar-refractivity contribution in [1.29, 1.82) is 0 Å². The van der Waals surface area contributed by atoms with Crippen LogP contribution in [0.2, 0.25) is 0 Å². The summed E-state index contributed by atoms with van der Waals surface area (Å²) in [5.74, 6) is -0.479. The van der Waals surface area contributed by atoms with Crippen molar-refractivity contribution in [2.75, 3.05) is 30.0 Å². The van der Waals surface area contributed by atoms with Gasteiger partial charge in [-0.05, 0) is 23.6 Å². The molecule has 0 bridgehead atoms. The van der Waals surface area contributed by atoms with Crippen molar-refractivity contribution in [3.63, 3.8) is 0 Å². The second-order valence-electron chi connectivity index (χ2n) is 6.57. The van der Waals surface area contributed by atoms with E-state index in [9.17, 15) is 18.0 Å². The molecule has 2 amide bonds. The highest BCUT2D eigenvalue weighted by Gasteiger charge is 2.35. The fourth-order valence-corrected chi connectivity index (χ4v) is 3.15. The van der Waals surface area contributed by atoms with Gasteiger partial charge in [0.1, 0.15) is 9.84 Å². The summed E-state index contributed by atoms with van der Waals surface area (Å²) in [6.45, 7) is 4.61. The van der Waals surface area contributed by atoms with Crippen LogP contribution in [-0.4, -0.2) is 45.3 Å². The molecule has 24 heavy (non-hydrogen) atoms. The largest absolute Gasteiger partial charge is 0.355 e. The number of hydrogen-bond acceptors (Lipinski definition) is 4. The first kappa shape index (κ1) is 18.4. The number of amides is 2. The van der Waals surface area contributed by atoms with Crippen LogP contribution in [0.3, 0.4) is 0 Å². The van der Waals surface area contributed by atoms with Gasteiger partial charge in [-0.3, -0.25) is 9.59 Å². The van der Waals surface area contributed by atoms with Crippen molar-refractivity contribution in [2.45, 2.75) is 26.2 Å². The lowest BCUT2D eigenvalue weighted by Crippen LogP contribution is -2.35. The fourth-order valence-electron chi connectivity index (χ4n) is 2.68. The molecule has 0 spiro atoms. The summed E-state index contributed by atoms with van der Waals surface area (Å²) in [5, 5.41) is 2.60. The van der Waals surface area contributed by atoms with Gasteiger partial charge in [0.2, 0.25) is 11.8 Å². The summed E-state index contributed by atoms with van der Waals surface area (Å²) in [6.07, 6.45) is 1.28. The predicted molar refractivity (Wildman–Crippen MR) is 93.7 cm³/mol. The van der Waals surface area contributed by atoms with Gasteiger partial charge >= 0.3 is 0 Å². The van der Waals surface area contributed by atoms with Gasteiger partial charge in [-0.15, -0.1) is 0 Å². The van der Waals surface area contributed by atoms with Crippen molar-refractivity contribution >= 4 is 27.3 Å². The summed E-state index contributed by atoms with van der Waals surface area (Å²) < 4.78 is 22.2. The highest BCUT2D eigenvalue weighted by molar-refractivity contribution is 7.90. The molecule has 1 fully saturated rings. The van der Waals surface area contributed by atoms with Gasteiger partial charge in [0, 0.05) is 31.5 Å². The first-order valence-corrected chi connectivity index (χ1v) is 10.1. The number of anilines is 1. The Kier molecular flexibility index (Phi) is 5.64. The molecule has 1 N–H and O–H groups in total. The minimum atomic E-state index is -3.11. The van der Waals surface area contributed by atoms with Crippen LogP contribution < -0.4 is 10.2 Å². The minimum Gasteiger partial charge on any atom is -0.355 e. The van der Waals surface area contributed by atoms with Crippen LogP contribution in [-0.2, 0) is 19.4 Å². The molecular weight excluding hydrogens is 328 g/mol. The molecule has 1 atom stereocenters. The van der Waals surface area contributed by atoms with Crippen molar-refractivity contribution in [2.24, 2.45) is 5.92 Å². The molecule has 7 heteroatoms. The van der Waals surface area contributed by atoms with Gasteiger partial charge in [-0.25, -0.2) is 8.42 Å². The van der Waals surface area contributed by atoms with E-state index in [2.05, 4.69) is 19.2 Å². The summed E-state index contributed by atoms with van der Waals surface area (Å²) in [6, 6.07) is 7.79.